The van der Waals surface area contributed by atoms with Crippen molar-refractivity contribution in [2.45, 2.75) is 39.3 Å². The zero-order chi connectivity index (χ0) is 15.4. The van der Waals surface area contributed by atoms with Crippen molar-refractivity contribution in [1.29, 1.82) is 0 Å². The first kappa shape index (κ1) is 16.8. The maximum absolute atomic E-state index is 5.54. The highest BCUT2D eigenvalue weighted by Gasteiger charge is 2.25. The van der Waals surface area contributed by atoms with E-state index in [2.05, 4.69) is 69.9 Å². The zero-order valence-electron chi connectivity index (χ0n) is 12.9. The summed E-state index contributed by atoms with van der Waals surface area (Å²) in [6.07, 6.45) is 2.91. The number of rotatable bonds is 7. The van der Waals surface area contributed by atoms with Gasteiger partial charge in [-0.1, -0.05) is 6.92 Å². The van der Waals surface area contributed by atoms with Crippen LogP contribution in [0.2, 0.25) is 0 Å². The molecule has 1 unspecified atom stereocenters. The Morgan fingerprint density at radius 2 is 2.24 bits per heavy atom. The number of nitrogens with zero attached hydrogens (tertiary/aromatic N) is 2. The lowest BCUT2D eigenvalue weighted by Crippen LogP contribution is -2.26. The SMILES string of the molecule is CCCNC(c1csc(I)c1)c1c(OC)cnn1C(C)C. The standard InChI is InChI=1S/C15H22IN3OS/c1-5-6-17-14(11-7-13(16)21-9-11)15-12(20-4)8-18-19(15)10(2)3/h7-10,14,17H,5-6H2,1-4H3. The van der Waals surface area contributed by atoms with Gasteiger partial charge in [-0.25, -0.2) is 0 Å². The highest BCUT2D eigenvalue weighted by atomic mass is 127. The molecule has 2 heterocycles. The Labute approximate surface area is 144 Å². The van der Waals surface area contributed by atoms with Crippen LogP contribution in [-0.4, -0.2) is 23.4 Å². The predicted molar refractivity (Wildman–Crippen MR) is 96.3 cm³/mol. The summed E-state index contributed by atoms with van der Waals surface area (Å²) in [6, 6.07) is 2.65. The summed E-state index contributed by atoms with van der Waals surface area (Å²) in [5, 5.41) is 10.3. The molecule has 6 heteroatoms. The maximum Gasteiger partial charge on any atom is 0.161 e. The van der Waals surface area contributed by atoms with Crippen LogP contribution >= 0.6 is 33.9 Å². The van der Waals surface area contributed by atoms with E-state index < -0.39 is 0 Å². The van der Waals surface area contributed by atoms with Crippen LogP contribution in [0.1, 0.15) is 50.5 Å². The van der Waals surface area contributed by atoms with Crippen molar-refractivity contribution in [3.63, 3.8) is 0 Å². The number of methoxy groups -OCH3 is 1. The van der Waals surface area contributed by atoms with Gasteiger partial charge in [0.1, 0.15) is 5.69 Å². The molecule has 0 aromatic carbocycles. The number of aromatic nitrogens is 2. The van der Waals surface area contributed by atoms with E-state index in [0.717, 1.165) is 24.4 Å². The van der Waals surface area contributed by atoms with E-state index in [0.29, 0.717) is 6.04 Å². The zero-order valence-corrected chi connectivity index (χ0v) is 15.9. The quantitative estimate of drug-likeness (QED) is 0.683. The second-order valence-corrected chi connectivity index (χ2v) is 8.01. The maximum atomic E-state index is 5.54. The molecule has 2 rings (SSSR count). The molecule has 0 saturated carbocycles. The lowest BCUT2D eigenvalue weighted by molar-refractivity contribution is 0.393. The van der Waals surface area contributed by atoms with Crippen LogP contribution in [0.15, 0.2) is 17.6 Å². The van der Waals surface area contributed by atoms with Gasteiger partial charge < -0.3 is 10.1 Å². The van der Waals surface area contributed by atoms with Gasteiger partial charge >= 0.3 is 0 Å². The minimum Gasteiger partial charge on any atom is -0.493 e. The number of hydrogen-bond donors (Lipinski definition) is 1. The first-order valence-electron chi connectivity index (χ1n) is 7.17. The highest BCUT2D eigenvalue weighted by Crippen LogP contribution is 2.34. The van der Waals surface area contributed by atoms with Gasteiger partial charge in [-0.2, -0.15) is 5.10 Å². The van der Waals surface area contributed by atoms with Gasteiger partial charge in [-0.3, -0.25) is 4.68 Å². The lowest BCUT2D eigenvalue weighted by Gasteiger charge is -2.22. The second kappa shape index (κ2) is 7.60. The van der Waals surface area contributed by atoms with Crippen LogP contribution in [0, 0.1) is 2.88 Å². The summed E-state index contributed by atoms with van der Waals surface area (Å²) in [7, 11) is 1.71. The molecule has 0 aliphatic carbocycles. The fourth-order valence-electron chi connectivity index (χ4n) is 2.34. The van der Waals surface area contributed by atoms with Gasteiger partial charge in [0.05, 0.1) is 22.2 Å². The molecule has 116 valence electrons. The number of hydrogen-bond acceptors (Lipinski definition) is 4. The van der Waals surface area contributed by atoms with Crippen LogP contribution in [0.4, 0.5) is 0 Å². The first-order valence-corrected chi connectivity index (χ1v) is 9.13. The van der Waals surface area contributed by atoms with Crippen LogP contribution in [0.25, 0.3) is 0 Å². The fraction of sp³-hybridized carbons (Fsp3) is 0.533. The van der Waals surface area contributed by atoms with Crippen molar-refractivity contribution >= 4 is 33.9 Å². The number of ether oxygens (including phenoxy) is 1. The smallest absolute Gasteiger partial charge is 0.161 e. The fourth-order valence-corrected chi connectivity index (χ4v) is 3.73. The monoisotopic (exact) mass is 419 g/mol. The lowest BCUT2D eigenvalue weighted by atomic mass is 10.1. The van der Waals surface area contributed by atoms with E-state index in [1.807, 2.05) is 6.20 Å². The molecule has 0 radical (unpaired) electrons. The minimum atomic E-state index is 0.115. The Morgan fingerprint density at radius 1 is 1.48 bits per heavy atom. The van der Waals surface area contributed by atoms with Gasteiger partial charge in [-0.15, -0.1) is 11.3 Å². The van der Waals surface area contributed by atoms with Crippen molar-refractivity contribution in [3.05, 3.63) is 31.8 Å². The molecule has 0 amide bonds. The molecule has 4 nitrogen and oxygen atoms in total. The molecule has 1 atom stereocenters. The normalized spacial score (nSPS) is 12.9. The van der Waals surface area contributed by atoms with Crippen LogP contribution in [0.5, 0.6) is 5.75 Å². The Kier molecular flexibility index (Phi) is 6.07. The first-order chi connectivity index (χ1) is 10.1. The summed E-state index contributed by atoms with van der Waals surface area (Å²) in [6.45, 7) is 7.43. The summed E-state index contributed by atoms with van der Waals surface area (Å²) < 4.78 is 8.89. The van der Waals surface area contributed by atoms with Crippen molar-refractivity contribution in [1.82, 2.24) is 15.1 Å². The molecule has 0 spiro atoms. The molecule has 21 heavy (non-hydrogen) atoms. The van der Waals surface area contributed by atoms with Crippen molar-refractivity contribution in [2.75, 3.05) is 13.7 Å². The third-order valence-electron chi connectivity index (χ3n) is 3.30. The molecule has 2 aromatic heterocycles. The Balaban J connectivity index is 2.47. The molecular weight excluding hydrogens is 397 g/mol. The van der Waals surface area contributed by atoms with E-state index in [1.165, 1.54) is 8.45 Å². The van der Waals surface area contributed by atoms with Gasteiger partial charge in [-0.05, 0) is 66.4 Å². The topological polar surface area (TPSA) is 39.1 Å². The molecule has 0 bridgehead atoms. The molecule has 0 fully saturated rings. The van der Waals surface area contributed by atoms with Gasteiger partial charge in [0.2, 0.25) is 0 Å². The van der Waals surface area contributed by atoms with E-state index in [1.54, 1.807) is 18.4 Å². The van der Waals surface area contributed by atoms with Gasteiger partial charge in [0.15, 0.2) is 5.75 Å². The predicted octanol–water partition coefficient (Wildman–Crippen LogP) is 4.23. The molecular formula is C15H22IN3OS. The average Bonchev–Trinajstić information content (AvgIpc) is 3.06. The molecule has 0 aliphatic heterocycles. The molecule has 0 saturated heterocycles. The van der Waals surface area contributed by atoms with Gasteiger partial charge in [0, 0.05) is 6.04 Å². The highest BCUT2D eigenvalue weighted by molar-refractivity contribution is 14.1. The van der Waals surface area contributed by atoms with E-state index in [9.17, 15) is 0 Å². The van der Waals surface area contributed by atoms with Crippen molar-refractivity contribution in [2.24, 2.45) is 0 Å². The van der Waals surface area contributed by atoms with E-state index >= 15 is 0 Å². The van der Waals surface area contributed by atoms with Crippen LogP contribution < -0.4 is 10.1 Å². The van der Waals surface area contributed by atoms with E-state index in [4.69, 9.17) is 4.74 Å². The molecule has 0 aliphatic rings. The number of thiophene rings is 1. The summed E-state index contributed by atoms with van der Waals surface area (Å²) in [5.41, 5.74) is 2.38. The summed E-state index contributed by atoms with van der Waals surface area (Å²) in [5.74, 6) is 0.846. The van der Waals surface area contributed by atoms with Crippen LogP contribution in [0.3, 0.4) is 0 Å². The molecule has 2 aromatic rings. The van der Waals surface area contributed by atoms with Crippen molar-refractivity contribution in [3.8, 4) is 5.75 Å². The third kappa shape index (κ3) is 3.78. The Hall–Kier alpha value is -0.600. The summed E-state index contributed by atoms with van der Waals surface area (Å²) >= 11 is 4.13. The van der Waals surface area contributed by atoms with Crippen molar-refractivity contribution < 1.29 is 4.74 Å². The average molecular weight is 419 g/mol. The molecule has 1 N–H and O–H groups in total. The Bertz CT molecular complexity index is 579. The third-order valence-corrected chi connectivity index (χ3v) is 5.11. The Morgan fingerprint density at radius 3 is 2.76 bits per heavy atom. The largest absolute Gasteiger partial charge is 0.493 e. The number of halogens is 1. The van der Waals surface area contributed by atoms with Crippen LogP contribution in [-0.2, 0) is 0 Å². The minimum absolute atomic E-state index is 0.115. The second-order valence-electron chi connectivity index (χ2n) is 5.21. The van der Waals surface area contributed by atoms with E-state index in [-0.39, 0.29) is 6.04 Å². The van der Waals surface area contributed by atoms with Gasteiger partial charge in [0.25, 0.3) is 0 Å². The summed E-state index contributed by atoms with van der Waals surface area (Å²) in [4.78, 5) is 0. The number of nitrogens with one attached hydrogen (secondary N) is 1.